The maximum Gasteiger partial charge on any atom is 0.309 e. The molecule has 4 rings (SSSR count). The smallest absolute Gasteiger partial charge is 0.309 e. The van der Waals surface area contributed by atoms with Crippen molar-refractivity contribution in [2.75, 3.05) is 18.4 Å². The van der Waals surface area contributed by atoms with Crippen molar-refractivity contribution < 1.29 is 23.9 Å². The Balaban J connectivity index is 1.20. The fourth-order valence-electron chi connectivity index (χ4n) is 5.52. The van der Waals surface area contributed by atoms with Crippen molar-refractivity contribution in [3.63, 3.8) is 0 Å². The highest BCUT2D eigenvalue weighted by molar-refractivity contribution is 6.00. The van der Waals surface area contributed by atoms with Gasteiger partial charge in [-0.1, -0.05) is 12.1 Å². The molecule has 0 bridgehead atoms. The summed E-state index contributed by atoms with van der Waals surface area (Å²) in [4.78, 5) is 50.9. The fraction of sp³-hybridized carbons (Fsp3) is 0.643. The first-order valence-corrected chi connectivity index (χ1v) is 13.3. The number of esters is 1. The maximum absolute atomic E-state index is 13.1. The zero-order chi connectivity index (χ0) is 25.9. The number of piperidine rings is 2. The van der Waals surface area contributed by atoms with E-state index in [0.29, 0.717) is 44.8 Å². The predicted octanol–water partition coefficient (Wildman–Crippen LogP) is 3.76. The Kier molecular flexibility index (Phi) is 8.00. The highest BCUT2D eigenvalue weighted by Gasteiger charge is 2.34. The molecule has 3 fully saturated rings. The van der Waals surface area contributed by atoms with Gasteiger partial charge >= 0.3 is 5.97 Å². The molecule has 36 heavy (non-hydrogen) atoms. The van der Waals surface area contributed by atoms with Crippen molar-refractivity contribution in [1.82, 2.24) is 10.2 Å². The molecule has 8 heteroatoms. The molecule has 1 aliphatic carbocycles. The van der Waals surface area contributed by atoms with Gasteiger partial charge in [-0.2, -0.15) is 0 Å². The van der Waals surface area contributed by atoms with Crippen molar-refractivity contribution in [2.24, 2.45) is 11.8 Å². The standard InChI is InChI=1S/C28H39N3O5/c1-28(2,3)36-27(35)20-14-16-31(17-15-20)26(34)19-6-10-22(11-7-19)29-21-8-4-18(5-9-21)23-12-13-24(32)30-25(23)33/h4-5,8-9,19-20,22-23,29H,6-7,10-17H2,1-3H3,(H,30,32,33)/t19-,22-,23?. The van der Waals surface area contributed by atoms with Crippen molar-refractivity contribution >= 4 is 29.4 Å². The number of amides is 3. The van der Waals surface area contributed by atoms with Crippen molar-refractivity contribution in [1.29, 1.82) is 0 Å². The molecule has 3 amide bonds. The van der Waals surface area contributed by atoms with E-state index in [2.05, 4.69) is 10.6 Å². The lowest BCUT2D eigenvalue weighted by Gasteiger charge is -2.36. The van der Waals surface area contributed by atoms with E-state index in [4.69, 9.17) is 4.74 Å². The van der Waals surface area contributed by atoms with Crippen LogP contribution >= 0.6 is 0 Å². The zero-order valence-electron chi connectivity index (χ0n) is 21.7. The normalized spacial score (nSPS) is 25.8. The predicted molar refractivity (Wildman–Crippen MR) is 136 cm³/mol. The lowest BCUT2D eigenvalue weighted by molar-refractivity contribution is -0.162. The van der Waals surface area contributed by atoms with E-state index in [1.807, 2.05) is 49.9 Å². The largest absolute Gasteiger partial charge is 0.460 e. The summed E-state index contributed by atoms with van der Waals surface area (Å²) in [6.07, 6.45) is 5.85. The minimum absolute atomic E-state index is 0.0519. The first-order chi connectivity index (χ1) is 17.1. The number of anilines is 1. The van der Waals surface area contributed by atoms with Gasteiger partial charge in [0.15, 0.2) is 0 Å². The highest BCUT2D eigenvalue weighted by atomic mass is 16.6. The zero-order valence-corrected chi connectivity index (χ0v) is 21.7. The molecule has 1 unspecified atom stereocenters. The van der Waals surface area contributed by atoms with Crippen LogP contribution in [0.25, 0.3) is 0 Å². The van der Waals surface area contributed by atoms with Gasteiger partial charge in [0, 0.05) is 37.2 Å². The first kappa shape index (κ1) is 26.2. The van der Waals surface area contributed by atoms with Gasteiger partial charge in [0.1, 0.15) is 5.60 Å². The van der Waals surface area contributed by atoms with Crippen LogP contribution in [0.1, 0.15) is 83.6 Å². The Labute approximate surface area is 213 Å². The molecule has 0 aromatic heterocycles. The summed E-state index contributed by atoms with van der Waals surface area (Å²) in [6.45, 7) is 6.89. The molecule has 1 aromatic carbocycles. The van der Waals surface area contributed by atoms with Gasteiger partial charge in [-0.05, 0) is 83.4 Å². The number of likely N-dealkylation sites (tertiary alicyclic amines) is 1. The summed E-state index contributed by atoms with van der Waals surface area (Å²) in [5.74, 6) is -0.674. The van der Waals surface area contributed by atoms with Crippen LogP contribution in [0.4, 0.5) is 5.69 Å². The van der Waals surface area contributed by atoms with E-state index in [9.17, 15) is 19.2 Å². The van der Waals surface area contributed by atoms with Crippen LogP contribution in [0, 0.1) is 11.8 Å². The van der Waals surface area contributed by atoms with E-state index >= 15 is 0 Å². The maximum atomic E-state index is 13.1. The van der Waals surface area contributed by atoms with Crippen molar-refractivity contribution in [3.05, 3.63) is 29.8 Å². The van der Waals surface area contributed by atoms with Gasteiger partial charge in [0.05, 0.1) is 11.8 Å². The number of nitrogens with zero attached hydrogens (tertiary/aromatic N) is 1. The second-order valence-electron chi connectivity index (χ2n) is 11.5. The number of carbonyl (C=O) groups is 4. The molecule has 2 N–H and O–H groups in total. The van der Waals surface area contributed by atoms with Crippen LogP contribution in [-0.4, -0.2) is 53.3 Å². The van der Waals surface area contributed by atoms with Crippen LogP contribution in [0.5, 0.6) is 0 Å². The third kappa shape index (κ3) is 6.65. The van der Waals surface area contributed by atoms with Crippen molar-refractivity contribution in [2.45, 2.75) is 89.7 Å². The number of hydrogen-bond donors (Lipinski definition) is 2. The highest BCUT2D eigenvalue weighted by Crippen LogP contribution is 2.31. The average Bonchev–Trinajstić information content (AvgIpc) is 2.84. The molecule has 2 saturated heterocycles. The lowest BCUT2D eigenvalue weighted by Crippen LogP contribution is -2.45. The molecule has 2 aliphatic heterocycles. The van der Waals surface area contributed by atoms with E-state index in [0.717, 1.165) is 36.9 Å². The molecule has 196 valence electrons. The summed E-state index contributed by atoms with van der Waals surface area (Å²) < 4.78 is 5.52. The van der Waals surface area contributed by atoms with Gasteiger partial charge in [0.25, 0.3) is 0 Å². The summed E-state index contributed by atoms with van der Waals surface area (Å²) in [5, 5.41) is 5.99. The first-order valence-electron chi connectivity index (χ1n) is 13.3. The summed E-state index contributed by atoms with van der Waals surface area (Å²) in [6, 6.07) is 8.21. The second kappa shape index (κ2) is 11.0. The van der Waals surface area contributed by atoms with Gasteiger partial charge in [-0.15, -0.1) is 0 Å². The van der Waals surface area contributed by atoms with E-state index in [1.54, 1.807) is 0 Å². The number of nitrogens with one attached hydrogen (secondary N) is 2. The number of hydrogen-bond acceptors (Lipinski definition) is 6. The molecule has 0 spiro atoms. The van der Waals surface area contributed by atoms with Gasteiger partial charge in [0.2, 0.25) is 17.7 Å². The Bertz CT molecular complexity index is 968. The van der Waals surface area contributed by atoms with Crippen molar-refractivity contribution in [3.8, 4) is 0 Å². The van der Waals surface area contributed by atoms with Gasteiger partial charge in [-0.25, -0.2) is 0 Å². The number of ether oxygens (including phenoxy) is 1. The van der Waals surface area contributed by atoms with E-state index < -0.39 is 5.60 Å². The molecule has 1 aromatic rings. The summed E-state index contributed by atoms with van der Waals surface area (Å²) in [7, 11) is 0. The second-order valence-corrected chi connectivity index (χ2v) is 11.5. The number of carbonyl (C=O) groups excluding carboxylic acids is 4. The third-order valence-electron chi connectivity index (χ3n) is 7.55. The summed E-state index contributed by atoms with van der Waals surface area (Å²) >= 11 is 0. The lowest BCUT2D eigenvalue weighted by atomic mass is 9.84. The van der Waals surface area contributed by atoms with Crippen LogP contribution in [-0.2, 0) is 23.9 Å². The van der Waals surface area contributed by atoms with E-state index in [-0.39, 0.29) is 41.4 Å². The van der Waals surface area contributed by atoms with Crippen LogP contribution in [0.2, 0.25) is 0 Å². The number of imide groups is 1. The molecule has 0 radical (unpaired) electrons. The number of benzene rings is 1. The molecule has 1 saturated carbocycles. The Hall–Kier alpha value is -2.90. The summed E-state index contributed by atoms with van der Waals surface area (Å²) in [5.41, 5.74) is 1.45. The quantitative estimate of drug-likeness (QED) is 0.474. The SMILES string of the molecule is CC(C)(C)OC(=O)C1CCN(C(=O)[C@H]2CC[C@H](Nc3ccc(C4CCC(=O)NC4=O)cc3)CC2)CC1. The Morgan fingerprint density at radius 1 is 0.917 bits per heavy atom. The van der Waals surface area contributed by atoms with Crippen LogP contribution in [0.15, 0.2) is 24.3 Å². The van der Waals surface area contributed by atoms with Crippen LogP contribution < -0.4 is 10.6 Å². The Morgan fingerprint density at radius 3 is 2.14 bits per heavy atom. The molecule has 3 aliphatic rings. The Morgan fingerprint density at radius 2 is 1.56 bits per heavy atom. The molecular weight excluding hydrogens is 458 g/mol. The van der Waals surface area contributed by atoms with Gasteiger partial charge in [-0.3, -0.25) is 24.5 Å². The molecule has 1 atom stereocenters. The molecule has 8 nitrogen and oxygen atoms in total. The topological polar surface area (TPSA) is 105 Å². The third-order valence-corrected chi connectivity index (χ3v) is 7.55. The molecule has 2 heterocycles. The monoisotopic (exact) mass is 497 g/mol. The molecular formula is C28H39N3O5. The fourth-order valence-corrected chi connectivity index (χ4v) is 5.52. The van der Waals surface area contributed by atoms with E-state index in [1.165, 1.54) is 0 Å². The minimum Gasteiger partial charge on any atom is -0.460 e. The average molecular weight is 498 g/mol. The van der Waals surface area contributed by atoms with Gasteiger partial charge < -0.3 is 15.0 Å². The van der Waals surface area contributed by atoms with Crippen LogP contribution in [0.3, 0.4) is 0 Å². The minimum atomic E-state index is -0.480. The number of rotatable bonds is 5.